The molecule has 2 aliphatic heterocycles. The van der Waals surface area contributed by atoms with Crippen LogP contribution < -0.4 is 29.1 Å². The second-order valence-corrected chi connectivity index (χ2v) is 23.6. The number of amides is 1. The summed E-state index contributed by atoms with van der Waals surface area (Å²) in [6.45, 7) is 6.39. The number of aromatic amines is 1. The van der Waals surface area contributed by atoms with E-state index in [4.69, 9.17) is 15.9 Å². The Hall–Kier alpha value is -7.45. The molecule has 1 atom stereocenters. The summed E-state index contributed by atoms with van der Waals surface area (Å²) < 4.78 is 86.9. The Morgan fingerprint density at radius 2 is 1.74 bits per heavy atom. The van der Waals surface area contributed by atoms with Crippen LogP contribution in [0.15, 0.2) is 96.2 Å². The molecule has 6 aromatic rings. The van der Waals surface area contributed by atoms with Crippen molar-refractivity contribution in [1.29, 1.82) is 0 Å². The number of fused-ring (bicyclic) bond motifs is 1. The van der Waals surface area contributed by atoms with Gasteiger partial charge in [0.25, 0.3) is 21.8 Å². The first-order chi connectivity index (χ1) is 38.3. The lowest BCUT2D eigenvalue weighted by Gasteiger charge is -2.58. The van der Waals surface area contributed by atoms with E-state index in [0.29, 0.717) is 63.0 Å². The average Bonchev–Trinajstić information content (AvgIpc) is 3.80. The van der Waals surface area contributed by atoms with Crippen LogP contribution in [0.3, 0.4) is 0 Å². The van der Waals surface area contributed by atoms with Gasteiger partial charge in [0.1, 0.15) is 33.5 Å². The standard InChI is InChI=1S/C58H64F3N9O9S/c1-5-58(72)18-16-37(17-19-58)31-62-53-48(70(73)74)27-42(32-63-53)80(75,76)66-54(71)45-15-12-39(26-50(45)79-51-28-46-47(59)33-64-52(46)65-55(51)77-4)68-22-20-57(21-23-68)29-40(30-57)69-25-24-67(34-38-10-13-41(14-11-38)78-56(60)61)35-49(69)44-9-7-6-8-43(44)36(2)3/h1,6-15,26-28,32-33,36-37,40,49,56,72H,16-25,29-31,34-35H2,2-4H3,(H,62,63)(H,64,65)(H,66,71)/t37?,49-,58?/m0/s1. The lowest BCUT2D eigenvalue weighted by Crippen LogP contribution is -2.60. The number of carbonyl (C=O) groups is 1. The number of ether oxygens (including phenoxy) is 3. The van der Waals surface area contributed by atoms with Crippen molar-refractivity contribution in [3.63, 3.8) is 0 Å². The van der Waals surface area contributed by atoms with Crippen LogP contribution in [0.2, 0.25) is 0 Å². The molecule has 22 heteroatoms. The molecule has 1 spiro atoms. The maximum atomic E-state index is 14.9. The first kappa shape index (κ1) is 55.8. The predicted octanol–water partition coefficient (Wildman–Crippen LogP) is 9.92. The van der Waals surface area contributed by atoms with Gasteiger partial charge in [0.2, 0.25) is 5.82 Å². The molecule has 4 fully saturated rings. The highest BCUT2D eigenvalue weighted by atomic mass is 32.2. The molecule has 0 radical (unpaired) electrons. The number of nitro groups is 1. The number of alkyl halides is 2. The van der Waals surface area contributed by atoms with Crippen molar-refractivity contribution in [1.82, 2.24) is 29.5 Å². The number of pyridine rings is 2. The maximum absolute atomic E-state index is 14.9. The number of nitrogens with one attached hydrogen (secondary N) is 3. The van der Waals surface area contributed by atoms with Crippen LogP contribution in [0.5, 0.6) is 23.1 Å². The van der Waals surface area contributed by atoms with Gasteiger partial charge in [-0.1, -0.05) is 56.2 Å². The summed E-state index contributed by atoms with van der Waals surface area (Å²) in [4.78, 5) is 43.6. The van der Waals surface area contributed by atoms with Crippen LogP contribution in [0, 0.1) is 39.6 Å². The summed E-state index contributed by atoms with van der Waals surface area (Å²) in [5, 5.41) is 25.7. The Morgan fingerprint density at radius 1 is 1.00 bits per heavy atom. The number of carbonyl (C=O) groups excluding carboxylic acids is 1. The number of aromatic nitrogens is 3. The van der Waals surface area contributed by atoms with Crippen molar-refractivity contribution < 1.29 is 50.6 Å². The molecule has 3 aromatic carbocycles. The number of rotatable bonds is 18. The maximum Gasteiger partial charge on any atom is 0.387 e. The fourth-order valence-corrected chi connectivity index (χ4v) is 13.0. The third kappa shape index (κ3) is 12.0. The molecule has 422 valence electrons. The number of piperidine rings is 1. The van der Waals surface area contributed by atoms with Crippen LogP contribution in [-0.2, 0) is 16.6 Å². The van der Waals surface area contributed by atoms with Gasteiger partial charge in [-0.05, 0) is 110 Å². The number of methoxy groups -OCH3 is 1. The lowest BCUT2D eigenvalue weighted by atomic mass is 9.59. The van der Waals surface area contributed by atoms with Gasteiger partial charge in [-0.3, -0.25) is 24.7 Å². The number of hydrogen-bond acceptors (Lipinski definition) is 15. The summed E-state index contributed by atoms with van der Waals surface area (Å²) in [5.74, 6) is 0.810. The van der Waals surface area contributed by atoms with Crippen molar-refractivity contribution in [3.8, 4) is 35.5 Å². The highest BCUT2D eigenvalue weighted by Crippen LogP contribution is 2.54. The SMILES string of the molecule is C#CC1(O)CCC(CNc2ncc(S(=O)(=O)NC(=O)c3ccc(N4CCC5(CC4)CC(N4CCN(Cc6ccc(OC(F)F)cc6)C[C@H]4c4ccccc4C(C)C)C5)cc3Oc3cc4c(F)c[nH]c4nc3OC)cc2[N+](=O)[O-])CC1. The van der Waals surface area contributed by atoms with Gasteiger partial charge in [-0.15, -0.1) is 6.42 Å². The largest absolute Gasteiger partial charge is 0.478 e. The molecule has 3 aromatic heterocycles. The lowest BCUT2D eigenvalue weighted by molar-refractivity contribution is -0.384. The number of aliphatic hydroxyl groups is 1. The smallest absolute Gasteiger partial charge is 0.387 e. The number of H-pyrrole nitrogens is 1. The number of terminal acetylenes is 1. The van der Waals surface area contributed by atoms with Gasteiger partial charge in [-0.25, -0.2) is 22.5 Å². The third-order valence-corrected chi connectivity index (χ3v) is 17.8. The number of piperazine rings is 1. The second-order valence-electron chi connectivity index (χ2n) is 21.9. The normalized spacial score (nSPS) is 20.8. The quantitative estimate of drug-likeness (QED) is 0.0358. The minimum Gasteiger partial charge on any atom is -0.478 e. The van der Waals surface area contributed by atoms with E-state index in [1.807, 2.05) is 16.9 Å². The Labute approximate surface area is 462 Å². The van der Waals surface area contributed by atoms with E-state index < -0.39 is 49.5 Å². The monoisotopic (exact) mass is 1120 g/mol. The average molecular weight is 1120 g/mol. The van der Waals surface area contributed by atoms with Gasteiger partial charge in [0.15, 0.2) is 5.75 Å². The van der Waals surface area contributed by atoms with Crippen LogP contribution >= 0.6 is 0 Å². The molecule has 0 unspecified atom stereocenters. The molecule has 80 heavy (non-hydrogen) atoms. The van der Waals surface area contributed by atoms with Crippen molar-refractivity contribution in [2.24, 2.45) is 11.3 Å². The summed E-state index contributed by atoms with van der Waals surface area (Å²) in [5.41, 5.74) is 2.59. The molecule has 5 heterocycles. The zero-order valence-electron chi connectivity index (χ0n) is 44.7. The van der Waals surface area contributed by atoms with E-state index in [-0.39, 0.29) is 69.5 Å². The molecule has 2 saturated heterocycles. The van der Waals surface area contributed by atoms with Crippen molar-refractivity contribution in [2.45, 2.75) is 107 Å². The van der Waals surface area contributed by atoms with Crippen molar-refractivity contribution in [2.75, 3.05) is 56.6 Å². The summed E-state index contributed by atoms with van der Waals surface area (Å²) in [6, 6.07) is 23.0. The van der Waals surface area contributed by atoms with E-state index in [9.17, 15) is 41.6 Å². The minimum atomic E-state index is -4.79. The van der Waals surface area contributed by atoms with Gasteiger partial charge in [-0.2, -0.15) is 13.8 Å². The first-order valence-corrected chi connectivity index (χ1v) is 28.3. The molecule has 2 saturated carbocycles. The number of nitrogens with zero attached hydrogens (tertiary/aromatic N) is 6. The summed E-state index contributed by atoms with van der Waals surface area (Å²) in [6.07, 6.45) is 13.2. The van der Waals surface area contributed by atoms with Crippen LogP contribution in [0.4, 0.5) is 30.4 Å². The molecule has 0 bridgehead atoms. The molecular weight excluding hydrogens is 1060 g/mol. The number of sulfonamides is 1. The highest BCUT2D eigenvalue weighted by Gasteiger charge is 2.50. The Bertz CT molecular complexity index is 3410. The topological polar surface area (TPSA) is 218 Å². The van der Waals surface area contributed by atoms with Crippen LogP contribution in [0.1, 0.15) is 104 Å². The van der Waals surface area contributed by atoms with Crippen LogP contribution in [-0.4, -0.2) is 114 Å². The second kappa shape index (κ2) is 23.0. The van der Waals surface area contributed by atoms with E-state index in [1.54, 1.807) is 24.3 Å². The highest BCUT2D eigenvalue weighted by molar-refractivity contribution is 7.90. The summed E-state index contributed by atoms with van der Waals surface area (Å²) in [7, 11) is -3.44. The van der Waals surface area contributed by atoms with E-state index >= 15 is 0 Å². The van der Waals surface area contributed by atoms with Gasteiger partial charge < -0.3 is 34.5 Å². The van der Waals surface area contributed by atoms with Gasteiger partial charge in [0.05, 0.1) is 29.2 Å². The molecule has 2 aliphatic carbocycles. The molecule has 4 N–H and O–H groups in total. The van der Waals surface area contributed by atoms with E-state index in [0.717, 1.165) is 69.3 Å². The number of hydrogen-bond donors (Lipinski definition) is 4. The molecule has 4 aliphatic rings. The van der Waals surface area contributed by atoms with Crippen molar-refractivity contribution >= 4 is 44.2 Å². The Morgan fingerprint density at radius 3 is 2.42 bits per heavy atom. The van der Waals surface area contributed by atoms with Crippen LogP contribution in [0.25, 0.3) is 11.0 Å². The molecule has 1 amide bonds. The predicted molar refractivity (Wildman–Crippen MR) is 294 cm³/mol. The number of benzene rings is 3. The molecular formula is C58H64F3N9O9S. The van der Waals surface area contributed by atoms with Gasteiger partial charge >= 0.3 is 12.3 Å². The number of halogens is 3. The summed E-state index contributed by atoms with van der Waals surface area (Å²) >= 11 is 0. The zero-order chi connectivity index (χ0) is 56.5. The minimum absolute atomic E-state index is 0.0243. The third-order valence-electron chi connectivity index (χ3n) is 16.5. The van der Waals surface area contributed by atoms with Gasteiger partial charge in [0, 0.05) is 88.0 Å². The number of anilines is 2. The Balaban J connectivity index is 0.848. The zero-order valence-corrected chi connectivity index (χ0v) is 45.5. The molecule has 10 rings (SSSR count). The van der Waals surface area contributed by atoms with E-state index in [2.05, 4.69) is 83.7 Å². The molecule has 18 nitrogen and oxygen atoms in total. The fraction of sp³-hybridized carbons (Fsp3) is 0.431. The fourth-order valence-electron chi connectivity index (χ4n) is 12.0. The van der Waals surface area contributed by atoms with E-state index in [1.165, 1.54) is 30.4 Å². The van der Waals surface area contributed by atoms with Crippen molar-refractivity contribution in [3.05, 3.63) is 129 Å². The first-order valence-electron chi connectivity index (χ1n) is 26.9. The Kier molecular flexibility index (Phi) is 16.0.